The zero-order valence-electron chi connectivity index (χ0n) is 13.9. The first-order chi connectivity index (χ1) is 11.9. The Kier molecular flexibility index (Phi) is 6.69. The predicted octanol–water partition coefficient (Wildman–Crippen LogP) is 2.31. The van der Waals surface area contributed by atoms with Gasteiger partial charge in [0.15, 0.2) is 0 Å². The molecule has 2 rings (SSSR count). The van der Waals surface area contributed by atoms with Gasteiger partial charge in [-0.15, -0.1) is 0 Å². The first-order valence-electron chi connectivity index (χ1n) is 7.97. The van der Waals surface area contributed by atoms with Crippen LogP contribution in [0.15, 0.2) is 24.3 Å². The largest absolute Gasteiger partial charge is 0.481 e. The molecule has 6 nitrogen and oxygen atoms in total. The van der Waals surface area contributed by atoms with Gasteiger partial charge in [0.05, 0.1) is 12.5 Å². The number of hydrogen-bond acceptors (Lipinski definition) is 4. The number of amides is 1. The van der Waals surface area contributed by atoms with E-state index >= 15 is 0 Å². The van der Waals surface area contributed by atoms with Crippen molar-refractivity contribution in [2.75, 3.05) is 13.7 Å². The minimum Gasteiger partial charge on any atom is -0.481 e. The molecule has 2 atom stereocenters. The number of carboxylic acids is 1. The van der Waals surface area contributed by atoms with Crippen molar-refractivity contribution >= 4 is 11.9 Å². The number of likely N-dealkylation sites (tertiary alicyclic amines) is 1. The maximum atomic E-state index is 12.4. The van der Waals surface area contributed by atoms with Crippen LogP contribution in [-0.2, 0) is 20.7 Å². The quantitative estimate of drug-likeness (QED) is 0.773. The SMILES string of the molecule is COC1CC(CC(=O)O)N(C(=O)CCc2ccc(OC(F)F)cc2)C1. The minimum absolute atomic E-state index is 0.0640. The number of carboxylic acid groups (broad SMARTS) is 1. The summed E-state index contributed by atoms with van der Waals surface area (Å²) in [7, 11) is 1.54. The number of aryl methyl sites for hydroxylation is 1. The maximum absolute atomic E-state index is 12.4. The lowest BCUT2D eigenvalue weighted by molar-refractivity contribution is -0.139. The summed E-state index contributed by atoms with van der Waals surface area (Å²) in [5.74, 6) is -1.03. The Morgan fingerprint density at radius 2 is 2.00 bits per heavy atom. The lowest BCUT2D eigenvalue weighted by atomic mass is 10.1. The highest BCUT2D eigenvalue weighted by Crippen LogP contribution is 2.24. The lowest BCUT2D eigenvalue weighted by Crippen LogP contribution is -2.37. The van der Waals surface area contributed by atoms with E-state index in [1.54, 1.807) is 24.1 Å². The molecule has 0 radical (unpaired) electrons. The fraction of sp³-hybridized carbons (Fsp3) is 0.529. The van der Waals surface area contributed by atoms with E-state index in [1.807, 2.05) is 0 Å². The zero-order valence-corrected chi connectivity index (χ0v) is 13.9. The molecule has 0 bridgehead atoms. The molecular formula is C17H21F2NO5. The van der Waals surface area contributed by atoms with Gasteiger partial charge in [-0.25, -0.2) is 0 Å². The third kappa shape index (κ3) is 5.67. The molecule has 1 aromatic carbocycles. The molecular weight excluding hydrogens is 336 g/mol. The third-order valence-corrected chi connectivity index (χ3v) is 4.22. The number of benzene rings is 1. The monoisotopic (exact) mass is 357 g/mol. The molecule has 2 unspecified atom stereocenters. The van der Waals surface area contributed by atoms with Gasteiger partial charge in [0.1, 0.15) is 5.75 Å². The molecule has 1 aliphatic heterocycles. The number of halogens is 2. The average Bonchev–Trinajstić information content (AvgIpc) is 2.95. The molecule has 1 aliphatic rings. The highest BCUT2D eigenvalue weighted by atomic mass is 19.3. The number of aliphatic carboxylic acids is 1. The van der Waals surface area contributed by atoms with Crippen molar-refractivity contribution in [3.63, 3.8) is 0 Å². The molecule has 1 amide bonds. The second kappa shape index (κ2) is 8.75. The Balaban J connectivity index is 1.90. The smallest absolute Gasteiger partial charge is 0.387 e. The van der Waals surface area contributed by atoms with Crippen LogP contribution in [0.3, 0.4) is 0 Å². The Morgan fingerprint density at radius 3 is 2.56 bits per heavy atom. The molecule has 25 heavy (non-hydrogen) atoms. The number of ether oxygens (including phenoxy) is 2. The van der Waals surface area contributed by atoms with E-state index in [1.165, 1.54) is 12.1 Å². The number of carbonyl (C=O) groups excluding carboxylic acids is 1. The van der Waals surface area contributed by atoms with E-state index in [4.69, 9.17) is 9.84 Å². The maximum Gasteiger partial charge on any atom is 0.387 e. The van der Waals surface area contributed by atoms with Gasteiger partial charge in [-0.05, 0) is 30.5 Å². The van der Waals surface area contributed by atoms with Crippen molar-refractivity contribution in [2.24, 2.45) is 0 Å². The molecule has 138 valence electrons. The molecule has 1 aromatic rings. The number of carbonyl (C=O) groups is 2. The van der Waals surface area contributed by atoms with Gasteiger partial charge >= 0.3 is 12.6 Å². The van der Waals surface area contributed by atoms with Crippen molar-refractivity contribution in [3.8, 4) is 5.75 Å². The summed E-state index contributed by atoms with van der Waals surface area (Å²) in [6.45, 7) is -2.49. The number of hydrogen-bond donors (Lipinski definition) is 1. The fourth-order valence-electron chi connectivity index (χ4n) is 2.98. The summed E-state index contributed by atoms with van der Waals surface area (Å²) < 4.78 is 33.7. The van der Waals surface area contributed by atoms with Crippen LogP contribution in [0.5, 0.6) is 5.75 Å². The summed E-state index contributed by atoms with van der Waals surface area (Å²) in [5, 5.41) is 8.98. The summed E-state index contributed by atoms with van der Waals surface area (Å²) in [5.41, 5.74) is 0.812. The number of alkyl halides is 2. The van der Waals surface area contributed by atoms with Crippen molar-refractivity contribution in [1.29, 1.82) is 0 Å². The highest BCUT2D eigenvalue weighted by molar-refractivity contribution is 5.78. The summed E-state index contributed by atoms with van der Waals surface area (Å²) >= 11 is 0. The highest BCUT2D eigenvalue weighted by Gasteiger charge is 2.36. The van der Waals surface area contributed by atoms with Gasteiger partial charge < -0.3 is 19.5 Å². The topological polar surface area (TPSA) is 76.1 Å². The van der Waals surface area contributed by atoms with Crippen LogP contribution in [0.4, 0.5) is 8.78 Å². The first kappa shape index (κ1) is 19.1. The van der Waals surface area contributed by atoms with E-state index in [0.29, 0.717) is 19.4 Å². The third-order valence-electron chi connectivity index (χ3n) is 4.22. The number of nitrogens with zero attached hydrogens (tertiary/aromatic N) is 1. The molecule has 1 saturated heterocycles. The second-order valence-electron chi connectivity index (χ2n) is 5.91. The van der Waals surface area contributed by atoms with Crippen LogP contribution in [0.25, 0.3) is 0 Å². The van der Waals surface area contributed by atoms with E-state index in [-0.39, 0.29) is 36.6 Å². The van der Waals surface area contributed by atoms with Gasteiger partial charge in [0.25, 0.3) is 0 Å². The van der Waals surface area contributed by atoms with Crippen LogP contribution in [0.2, 0.25) is 0 Å². The van der Waals surface area contributed by atoms with Gasteiger partial charge in [-0.3, -0.25) is 9.59 Å². The normalized spacial score (nSPS) is 20.1. The molecule has 0 spiro atoms. The van der Waals surface area contributed by atoms with Crippen LogP contribution in [0, 0.1) is 0 Å². The molecule has 0 aromatic heterocycles. The van der Waals surface area contributed by atoms with E-state index in [9.17, 15) is 18.4 Å². The first-order valence-corrected chi connectivity index (χ1v) is 7.97. The summed E-state index contributed by atoms with van der Waals surface area (Å²) in [6.07, 6.45) is 0.891. The van der Waals surface area contributed by atoms with Crippen LogP contribution < -0.4 is 4.74 Å². The van der Waals surface area contributed by atoms with Crippen molar-refractivity contribution in [3.05, 3.63) is 29.8 Å². The molecule has 0 saturated carbocycles. The Hall–Kier alpha value is -2.22. The second-order valence-corrected chi connectivity index (χ2v) is 5.91. The van der Waals surface area contributed by atoms with E-state index in [0.717, 1.165) is 5.56 Å². The number of rotatable bonds is 8. The molecule has 1 fully saturated rings. The molecule has 1 heterocycles. The van der Waals surface area contributed by atoms with Gasteiger partial charge in [0, 0.05) is 26.1 Å². The van der Waals surface area contributed by atoms with Gasteiger partial charge in [0.2, 0.25) is 5.91 Å². The molecule has 1 N–H and O–H groups in total. The standard InChI is InChI=1S/C17H21F2NO5/c1-24-14-8-12(9-16(22)23)20(10-14)15(21)7-4-11-2-5-13(6-3-11)25-17(18)19/h2-3,5-6,12,14,17H,4,7-10H2,1H3,(H,22,23). The zero-order chi connectivity index (χ0) is 18.4. The predicted molar refractivity (Wildman–Crippen MR) is 84.6 cm³/mol. The van der Waals surface area contributed by atoms with Crippen molar-refractivity contribution in [1.82, 2.24) is 4.90 Å². The van der Waals surface area contributed by atoms with Crippen molar-refractivity contribution < 1.29 is 33.0 Å². The van der Waals surface area contributed by atoms with Crippen LogP contribution >= 0.6 is 0 Å². The molecule has 8 heteroatoms. The Labute approximate surface area is 144 Å². The van der Waals surface area contributed by atoms with Gasteiger partial charge in [-0.1, -0.05) is 12.1 Å². The van der Waals surface area contributed by atoms with E-state index < -0.39 is 12.6 Å². The van der Waals surface area contributed by atoms with Crippen LogP contribution in [0.1, 0.15) is 24.8 Å². The summed E-state index contributed by atoms with van der Waals surface area (Å²) in [6, 6.07) is 5.74. The van der Waals surface area contributed by atoms with Gasteiger partial charge in [-0.2, -0.15) is 8.78 Å². The average molecular weight is 357 g/mol. The fourth-order valence-corrected chi connectivity index (χ4v) is 2.98. The molecule has 0 aliphatic carbocycles. The number of methoxy groups -OCH3 is 1. The Morgan fingerprint density at radius 1 is 1.32 bits per heavy atom. The Bertz CT molecular complexity index is 593. The summed E-state index contributed by atoms with van der Waals surface area (Å²) in [4.78, 5) is 25.0. The van der Waals surface area contributed by atoms with E-state index in [2.05, 4.69) is 4.74 Å². The lowest BCUT2D eigenvalue weighted by Gasteiger charge is -2.23. The van der Waals surface area contributed by atoms with Crippen LogP contribution in [-0.4, -0.2) is 54.3 Å². The minimum atomic E-state index is -2.87. The van der Waals surface area contributed by atoms with Crippen molar-refractivity contribution in [2.45, 2.75) is 44.4 Å².